The highest BCUT2D eigenvalue weighted by molar-refractivity contribution is 5.96. The first-order valence-corrected chi connectivity index (χ1v) is 14.1. The van der Waals surface area contributed by atoms with Gasteiger partial charge in [0.05, 0.1) is 6.42 Å². The molecule has 1 amide bonds. The van der Waals surface area contributed by atoms with Crippen LogP contribution in [0.3, 0.4) is 0 Å². The van der Waals surface area contributed by atoms with Crippen molar-refractivity contribution < 1.29 is 31.6 Å². The zero-order valence-corrected chi connectivity index (χ0v) is 23.5. The number of benzene rings is 1. The number of rotatable bonds is 7. The Kier molecular flexibility index (Phi) is 8.51. The number of aromatic nitrogens is 2. The minimum absolute atomic E-state index is 0.0136. The highest BCUT2D eigenvalue weighted by atomic mass is 19.4. The summed E-state index contributed by atoms with van der Waals surface area (Å²) in [6.07, 6.45) is -1.92. The Morgan fingerprint density at radius 2 is 1.81 bits per heavy atom. The number of anilines is 2. The van der Waals surface area contributed by atoms with Crippen molar-refractivity contribution in [3.8, 4) is 0 Å². The summed E-state index contributed by atoms with van der Waals surface area (Å²) in [7, 11) is 0. The van der Waals surface area contributed by atoms with E-state index in [4.69, 9.17) is 4.42 Å². The SMILES string of the molecule is CC1CCCN(c2nc(C(F)(F)F)c(C(=O)Cc3ccc(N4CCN(C(=O)Cc5ccccc5F)C[C@@H]4C)nc3)o2)C1. The average Bonchev–Trinajstić information content (AvgIpc) is 3.42. The predicted octanol–water partition coefficient (Wildman–Crippen LogP) is 5.17. The summed E-state index contributed by atoms with van der Waals surface area (Å²) in [6, 6.07) is 9.32. The molecule has 42 heavy (non-hydrogen) atoms. The average molecular weight is 588 g/mol. The second-order valence-corrected chi connectivity index (χ2v) is 11.1. The first kappa shape index (κ1) is 29.5. The molecule has 2 aliphatic heterocycles. The minimum atomic E-state index is -4.83. The van der Waals surface area contributed by atoms with Crippen LogP contribution in [0.15, 0.2) is 47.0 Å². The van der Waals surface area contributed by atoms with Gasteiger partial charge in [-0.25, -0.2) is 9.37 Å². The van der Waals surface area contributed by atoms with E-state index in [-0.39, 0.29) is 36.7 Å². The van der Waals surface area contributed by atoms with Crippen molar-refractivity contribution in [2.24, 2.45) is 5.92 Å². The standard InChI is InChI=1S/C30H33F4N5O3/c1-19-6-5-11-38(17-19)29-36-28(30(32,33)34)27(42-29)24(40)14-21-9-10-25(35-16-21)39-13-12-37(18-20(39)2)26(41)15-22-7-3-4-8-23(22)31/h3-4,7-10,16,19-20H,5-6,11-15,17-18H2,1-2H3/t19?,20-/m0/s1. The van der Waals surface area contributed by atoms with E-state index in [1.807, 2.05) is 18.7 Å². The van der Waals surface area contributed by atoms with Crippen LogP contribution in [-0.2, 0) is 23.8 Å². The number of pyridine rings is 1. The largest absolute Gasteiger partial charge is 0.437 e. The lowest BCUT2D eigenvalue weighted by atomic mass is 10.0. The van der Waals surface area contributed by atoms with Crippen LogP contribution in [0.1, 0.15) is 54.1 Å². The molecule has 1 aromatic carbocycles. The topological polar surface area (TPSA) is 82.8 Å². The second kappa shape index (κ2) is 12.1. The number of oxazole rings is 1. The molecule has 2 saturated heterocycles. The number of nitrogens with zero attached hydrogens (tertiary/aromatic N) is 5. The number of hydrogen-bond acceptors (Lipinski definition) is 7. The first-order chi connectivity index (χ1) is 20.0. The number of Topliss-reactive ketones (excluding diaryl/α,β-unsaturated/α-hetero) is 1. The third kappa shape index (κ3) is 6.57. The zero-order chi connectivity index (χ0) is 30.0. The molecule has 2 atom stereocenters. The van der Waals surface area contributed by atoms with Crippen LogP contribution in [0, 0.1) is 11.7 Å². The summed E-state index contributed by atoms with van der Waals surface area (Å²) < 4.78 is 60.7. The van der Waals surface area contributed by atoms with Gasteiger partial charge in [-0.15, -0.1) is 0 Å². The summed E-state index contributed by atoms with van der Waals surface area (Å²) in [6.45, 7) is 6.36. The quantitative estimate of drug-likeness (QED) is 0.279. The van der Waals surface area contributed by atoms with Gasteiger partial charge in [-0.05, 0) is 48.9 Å². The van der Waals surface area contributed by atoms with Gasteiger partial charge in [0.25, 0.3) is 6.01 Å². The van der Waals surface area contributed by atoms with E-state index in [0.29, 0.717) is 49.7 Å². The fourth-order valence-electron chi connectivity index (χ4n) is 5.59. The number of carbonyl (C=O) groups excluding carboxylic acids is 2. The number of piperidine rings is 1. The fraction of sp³-hybridized carbons (Fsp3) is 0.467. The van der Waals surface area contributed by atoms with Gasteiger partial charge < -0.3 is 19.1 Å². The molecule has 1 unspecified atom stereocenters. The Morgan fingerprint density at radius 3 is 2.48 bits per heavy atom. The molecule has 0 aliphatic carbocycles. The Morgan fingerprint density at radius 1 is 1.02 bits per heavy atom. The molecule has 0 spiro atoms. The molecule has 224 valence electrons. The van der Waals surface area contributed by atoms with Gasteiger partial charge in [0.15, 0.2) is 5.69 Å². The van der Waals surface area contributed by atoms with Crippen molar-refractivity contribution in [2.45, 2.75) is 51.7 Å². The highest BCUT2D eigenvalue weighted by Crippen LogP contribution is 2.35. The predicted molar refractivity (Wildman–Crippen MR) is 148 cm³/mol. The van der Waals surface area contributed by atoms with E-state index in [0.717, 1.165) is 12.8 Å². The van der Waals surface area contributed by atoms with E-state index in [1.165, 1.54) is 12.3 Å². The summed E-state index contributed by atoms with van der Waals surface area (Å²) in [4.78, 5) is 39.3. The maximum absolute atomic E-state index is 14.0. The lowest BCUT2D eigenvalue weighted by molar-refractivity contribution is -0.141. The van der Waals surface area contributed by atoms with Crippen LogP contribution in [-0.4, -0.2) is 65.3 Å². The monoisotopic (exact) mass is 587 g/mol. The van der Waals surface area contributed by atoms with E-state index in [1.54, 1.807) is 40.1 Å². The number of hydrogen-bond donors (Lipinski definition) is 0. The van der Waals surface area contributed by atoms with Crippen LogP contribution >= 0.6 is 0 Å². The number of amides is 1. The zero-order valence-electron chi connectivity index (χ0n) is 23.5. The molecule has 12 heteroatoms. The molecule has 2 fully saturated rings. The van der Waals surface area contributed by atoms with Crippen LogP contribution in [0.5, 0.6) is 0 Å². The van der Waals surface area contributed by atoms with Crippen molar-refractivity contribution in [2.75, 3.05) is 42.5 Å². The van der Waals surface area contributed by atoms with E-state index in [9.17, 15) is 27.2 Å². The minimum Gasteiger partial charge on any atom is -0.420 e. The maximum atomic E-state index is 14.0. The Bertz CT molecular complexity index is 1430. The molecule has 0 N–H and O–H groups in total. The van der Waals surface area contributed by atoms with Crippen LogP contribution in [0.4, 0.5) is 29.4 Å². The van der Waals surface area contributed by atoms with Crippen LogP contribution in [0.2, 0.25) is 0 Å². The number of ketones is 1. The van der Waals surface area contributed by atoms with Gasteiger partial charge in [-0.1, -0.05) is 31.2 Å². The summed E-state index contributed by atoms with van der Waals surface area (Å²) in [5.41, 5.74) is -0.510. The molecule has 0 radical (unpaired) electrons. The molecular formula is C30H33F4N5O3. The molecule has 5 rings (SSSR count). The molecule has 0 bridgehead atoms. The summed E-state index contributed by atoms with van der Waals surface area (Å²) in [5, 5.41) is 0. The van der Waals surface area contributed by atoms with Crippen molar-refractivity contribution in [3.05, 3.63) is 71.0 Å². The van der Waals surface area contributed by atoms with Gasteiger partial charge >= 0.3 is 6.18 Å². The Hall–Kier alpha value is -3.96. The Balaban J connectivity index is 1.22. The van der Waals surface area contributed by atoms with Crippen LogP contribution < -0.4 is 9.80 Å². The normalized spacial score (nSPS) is 19.7. The van der Waals surface area contributed by atoms with Gasteiger partial charge in [-0.2, -0.15) is 18.2 Å². The van der Waals surface area contributed by atoms with Gasteiger partial charge in [0.1, 0.15) is 11.6 Å². The van der Waals surface area contributed by atoms with Crippen molar-refractivity contribution in [3.63, 3.8) is 0 Å². The van der Waals surface area contributed by atoms with Crippen molar-refractivity contribution >= 4 is 23.5 Å². The molecule has 3 aromatic rings. The first-order valence-electron chi connectivity index (χ1n) is 14.1. The van der Waals surface area contributed by atoms with Crippen LogP contribution in [0.25, 0.3) is 0 Å². The molecule has 2 aromatic heterocycles. The summed E-state index contributed by atoms with van der Waals surface area (Å²) in [5.74, 6) is -1.27. The lowest BCUT2D eigenvalue weighted by Gasteiger charge is -2.40. The van der Waals surface area contributed by atoms with Gasteiger partial charge in [-0.3, -0.25) is 9.59 Å². The third-order valence-corrected chi connectivity index (χ3v) is 7.81. The van der Waals surface area contributed by atoms with E-state index in [2.05, 4.69) is 9.97 Å². The molecule has 4 heterocycles. The maximum Gasteiger partial charge on any atom is 0.437 e. The number of carbonyl (C=O) groups is 2. The van der Waals surface area contributed by atoms with Gasteiger partial charge in [0.2, 0.25) is 17.5 Å². The van der Waals surface area contributed by atoms with Crippen molar-refractivity contribution in [1.29, 1.82) is 0 Å². The molecule has 8 nitrogen and oxygen atoms in total. The molecule has 0 saturated carbocycles. The summed E-state index contributed by atoms with van der Waals surface area (Å²) >= 11 is 0. The fourth-order valence-corrected chi connectivity index (χ4v) is 5.59. The highest BCUT2D eigenvalue weighted by Gasteiger charge is 2.42. The number of piperazine rings is 1. The molecular weight excluding hydrogens is 554 g/mol. The van der Waals surface area contributed by atoms with Crippen molar-refractivity contribution in [1.82, 2.24) is 14.9 Å². The number of alkyl halides is 3. The molecule has 2 aliphatic rings. The smallest absolute Gasteiger partial charge is 0.420 e. The Labute approximate surface area is 241 Å². The second-order valence-electron chi connectivity index (χ2n) is 11.1. The van der Waals surface area contributed by atoms with E-state index < -0.39 is 29.2 Å². The third-order valence-electron chi connectivity index (χ3n) is 7.81. The lowest BCUT2D eigenvalue weighted by Crippen LogP contribution is -2.54. The van der Waals surface area contributed by atoms with Gasteiger partial charge in [0, 0.05) is 51.4 Å². The van der Waals surface area contributed by atoms with E-state index >= 15 is 0 Å². The number of halogens is 4.